The summed E-state index contributed by atoms with van der Waals surface area (Å²) in [6.07, 6.45) is 10.3. The summed E-state index contributed by atoms with van der Waals surface area (Å²) in [5.41, 5.74) is 0.787. The van der Waals surface area contributed by atoms with Gasteiger partial charge in [-0.2, -0.15) is 0 Å². The fraction of sp³-hybridized carbons (Fsp3) is 0.632. The number of rotatable bonds is 12. The molecule has 0 amide bonds. The lowest BCUT2D eigenvalue weighted by Crippen LogP contribution is -2.01. The van der Waals surface area contributed by atoms with Gasteiger partial charge < -0.3 is 4.74 Å². The van der Waals surface area contributed by atoms with E-state index in [1.807, 2.05) is 24.3 Å². The Kier molecular flexibility index (Phi) is 9.60. The van der Waals surface area contributed by atoms with Crippen molar-refractivity contribution in [1.29, 1.82) is 0 Å². The second kappa shape index (κ2) is 11.4. The highest BCUT2D eigenvalue weighted by molar-refractivity contribution is 5.96. The monoisotopic (exact) mass is 290 g/mol. The molecule has 0 atom stereocenters. The van der Waals surface area contributed by atoms with Crippen LogP contribution in [-0.4, -0.2) is 12.4 Å². The Bertz CT molecular complexity index is 398. The zero-order valence-electron chi connectivity index (χ0n) is 13.7. The van der Waals surface area contributed by atoms with Gasteiger partial charge in [0, 0.05) is 12.0 Å². The minimum atomic E-state index is 0.241. The SMILES string of the molecule is CCCCCCCCCC(=O)c1cccc(OCCC)c1. The lowest BCUT2D eigenvalue weighted by molar-refractivity contribution is 0.0978. The summed E-state index contributed by atoms with van der Waals surface area (Å²) in [5, 5.41) is 0. The summed E-state index contributed by atoms with van der Waals surface area (Å²) in [7, 11) is 0. The highest BCUT2D eigenvalue weighted by atomic mass is 16.5. The molecule has 0 aliphatic rings. The molecule has 0 fully saturated rings. The number of unbranched alkanes of at least 4 members (excludes halogenated alkanes) is 6. The molecule has 1 aromatic rings. The summed E-state index contributed by atoms with van der Waals surface area (Å²) in [6.45, 7) is 5.02. The van der Waals surface area contributed by atoms with Crippen molar-refractivity contribution in [1.82, 2.24) is 0 Å². The van der Waals surface area contributed by atoms with E-state index < -0.39 is 0 Å². The van der Waals surface area contributed by atoms with Crippen LogP contribution in [0.3, 0.4) is 0 Å². The molecule has 118 valence electrons. The molecule has 0 bridgehead atoms. The van der Waals surface area contributed by atoms with Crippen LogP contribution in [0.5, 0.6) is 5.75 Å². The highest BCUT2D eigenvalue weighted by Gasteiger charge is 2.06. The van der Waals surface area contributed by atoms with Crippen LogP contribution < -0.4 is 4.74 Å². The molecule has 1 aromatic carbocycles. The van der Waals surface area contributed by atoms with Crippen molar-refractivity contribution in [3.8, 4) is 5.75 Å². The fourth-order valence-electron chi connectivity index (χ4n) is 2.37. The summed E-state index contributed by atoms with van der Waals surface area (Å²) in [6, 6.07) is 7.59. The Morgan fingerprint density at radius 1 is 0.952 bits per heavy atom. The number of hydrogen-bond donors (Lipinski definition) is 0. The van der Waals surface area contributed by atoms with Crippen LogP contribution >= 0.6 is 0 Å². The molecule has 0 saturated carbocycles. The van der Waals surface area contributed by atoms with E-state index in [0.717, 1.165) is 24.2 Å². The van der Waals surface area contributed by atoms with E-state index >= 15 is 0 Å². The van der Waals surface area contributed by atoms with Crippen molar-refractivity contribution in [3.63, 3.8) is 0 Å². The first kappa shape index (κ1) is 17.7. The number of benzene rings is 1. The van der Waals surface area contributed by atoms with Crippen LogP contribution in [0.15, 0.2) is 24.3 Å². The number of carbonyl (C=O) groups excluding carboxylic acids is 1. The van der Waals surface area contributed by atoms with Gasteiger partial charge in [-0.05, 0) is 25.0 Å². The Labute approximate surface area is 129 Å². The standard InChI is InChI=1S/C19H30O2/c1-3-5-6-7-8-9-10-14-19(20)17-12-11-13-18(16-17)21-15-4-2/h11-13,16H,3-10,14-15H2,1-2H3. The van der Waals surface area contributed by atoms with E-state index in [-0.39, 0.29) is 5.78 Å². The van der Waals surface area contributed by atoms with Crippen molar-refractivity contribution in [2.45, 2.75) is 71.6 Å². The van der Waals surface area contributed by atoms with E-state index in [1.165, 1.54) is 38.5 Å². The Morgan fingerprint density at radius 2 is 1.67 bits per heavy atom. The van der Waals surface area contributed by atoms with Crippen molar-refractivity contribution < 1.29 is 9.53 Å². The van der Waals surface area contributed by atoms with Crippen LogP contribution in [-0.2, 0) is 0 Å². The van der Waals surface area contributed by atoms with Crippen LogP contribution in [0.4, 0.5) is 0 Å². The fourth-order valence-corrected chi connectivity index (χ4v) is 2.37. The summed E-state index contributed by atoms with van der Waals surface area (Å²) < 4.78 is 5.57. The Balaban J connectivity index is 2.25. The predicted octanol–water partition coefficient (Wildman–Crippen LogP) is 5.80. The number of hydrogen-bond acceptors (Lipinski definition) is 2. The van der Waals surface area contributed by atoms with Gasteiger partial charge in [-0.3, -0.25) is 4.79 Å². The van der Waals surface area contributed by atoms with Gasteiger partial charge in [0.2, 0.25) is 0 Å². The molecule has 0 N–H and O–H groups in total. The molecule has 1 rings (SSSR count). The van der Waals surface area contributed by atoms with Crippen molar-refractivity contribution in [2.24, 2.45) is 0 Å². The second-order valence-electron chi connectivity index (χ2n) is 5.67. The second-order valence-corrected chi connectivity index (χ2v) is 5.67. The smallest absolute Gasteiger partial charge is 0.163 e. The summed E-state index contributed by atoms with van der Waals surface area (Å²) >= 11 is 0. The van der Waals surface area contributed by atoms with Crippen LogP contribution in [0, 0.1) is 0 Å². The third-order valence-electron chi connectivity index (χ3n) is 3.64. The van der Waals surface area contributed by atoms with Crippen molar-refractivity contribution in [3.05, 3.63) is 29.8 Å². The first-order chi connectivity index (χ1) is 10.3. The van der Waals surface area contributed by atoms with Crippen molar-refractivity contribution in [2.75, 3.05) is 6.61 Å². The van der Waals surface area contributed by atoms with Crippen LogP contribution in [0.2, 0.25) is 0 Å². The third-order valence-corrected chi connectivity index (χ3v) is 3.64. The average Bonchev–Trinajstić information content (AvgIpc) is 2.52. The molecular weight excluding hydrogens is 260 g/mol. The Hall–Kier alpha value is -1.31. The number of Topliss-reactive ketones (excluding diaryl/α,β-unsaturated/α-hetero) is 1. The first-order valence-corrected chi connectivity index (χ1v) is 8.54. The maximum atomic E-state index is 12.2. The quantitative estimate of drug-likeness (QED) is 0.359. The van der Waals surface area contributed by atoms with Gasteiger partial charge in [-0.25, -0.2) is 0 Å². The van der Waals surface area contributed by atoms with Gasteiger partial charge in [-0.1, -0.05) is 64.5 Å². The van der Waals surface area contributed by atoms with Gasteiger partial charge in [0.05, 0.1) is 6.61 Å². The summed E-state index contributed by atoms with van der Waals surface area (Å²) in [4.78, 5) is 12.2. The lowest BCUT2D eigenvalue weighted by Gasteiger charge is -2.06. The van der Waals surface area contributed by atoms with E-state index in [4.69, 9.17) is 4.74 Å². The average molecular weight is 290 g/mol. The Morgan fingerprint density at radius 3 is 2.38 bits per heavy atom. The van der Waals surface area contributed by atoms with Gasteiger partial charge in [-0.15, -0.1) is 0 Å². The summed E-state index contributed by atoms with van der Waals surface area (Å²) in [5.74, 6) is 1.05. The maximum absolute atomic E-state index is 12.2. The van der Waals surface area contributed by atoms with E-state index in [0.29, 0.717) is 13.0 Å². The molecule has 2 heteroatoms. The number of ether oxygens (including phenoxy) is 1. The topological polar surface area (TPSA) is 26.3 Å². The molecule has 21 heavy (non-hydrogen) atoms. The normalized spacial score (nSPS) is 10.6. The maximum Gasteiger partial charge on any atom is 0.163 e. The van der Waals surface area contributed by atoms with Crippen LogP contribution in [0.25, 0.3) is 0 Å². The minimum Gasteiger partial charge on any atom is -0.494 e. The third kappa shape index (κ3) is 7.89. The first-order valence-electron chi connectivity index (χ1n) is 8.54. The molecule has 2 nitrogen and oxygen atoms in total. The van der Waals surface area contributed by atoms with Crippen molar-refractivity contribution >= 4 is 5.78 Å². The molecule has 0 heterocycles. The van der Waals surface area contributed by atoms with E-state index in [2.05, 4.69) is 13.8 Å². The minimum absolute atomic E-state index is 0.241. The molecule has 0 saturated heterocycles. The molecule has 0 radical (unpaired) electrons. The van der Waals surface area contributed by atoms with Gasteiger partial charge in [0.15, 0.2) is 5.78 Å². The zero-order chi connectivity index (χ0) is 15.3. The van der Waals surface area contributed by atoms with Gasteiger partial charge in [0.25, 0.3) is 0 Å². The van der Waals surface area contributed by atoms with Crippen LogP contribution in [0.1, 0.15) is 82.0 Å². The molecular formula is C19H30O2. The predicted molar refractivity (Wildman–Crippen MR) is 89.2 cm³/mol. The van der Waals surface area contributed by atoms with E-state index in [9.17, 15) is 4.79 Å². The molecule has 0 unspecified atom stereocenters. The van der Waals surface area contributed by atoms with E-state index in [1.54, 1.807) is 0 Å². The number of carbonyl (C=O) groups is 1. The largest absolute Gasteiger partial charge is 0.494 e. The number of ketones is 1. The van der Waals surface area contributed by atoms with Gasteiger partial charge in [0.1, 0.15) is 5.75 Å². The molecule has 0 aliphatic heterocycles. The molecule has 0 spiro atoms. The van der Waals surface area contributed by atoms with Gasteiger partial charge >= 0.3 is 0 Å². The molecule has 0 aliphatic carbocycles. The molecule has 0 aromatic heterocycles. The zero-order valence-corrected chi connectivity index (χ0v) is 13.7. The highest BCUT2D eigenvalue weighted by Crippen LogP contribution is 2.17. The lowest BCUT2D eigenvalue weighted by atomic mass is 10.0.